The first-order chi connectivity index (χ1) is 15.4. The normalized spacial score (nSPS) is 11.5. The molecule has 2 aromatic carbocycles. The van der Waals surface area contributed by atoms with E-state index in [0.717, 1.165) is 11.1 Å². The highest BCUT2D eigenvalue weighted by atomic mass is 16.5. The highest BCUT2D eigenvalue weighted by Gasteiger charge is 2.30. The summed E-state index contributed by atoms with van der Waals surface area (Å²) in [7, 11) is 0. The number of carbonyl (C=O) groups is 3. The fraction of sp³-hybridized carbons (Fsp3) is 0.400. The van der Waals surface area contributed by atoms with Gasteiger partial charge in [0.15, 0.2) is 0 Å². The highest BCUT2D eigenvalue weighted by molar-refractivity contribution is 5.88. The lowest BCUT2D eigenvalue weighted by Gasteiger charge is -2.29. The number of rotatable bonds is 11. The summed E-state index contributed by atoms with van der Waals surface area (Å²) in [5.74, 6) is -1.03. The molecule has 0 fully saturated rings. The van der Waals surface area contributed by atoms with Gasteiger partial charge >= 0.3 is 12.1 Å². The van der Waals surface area contributed by atoms with Crippen LogP contribution in [-0.4, -0.2) is 48.6 Å². The van der Waals surface area contributed by atoms with E-state index in [4.69, 9.17) is 9.47 Å². The third-order valence-corrected chi connectivity index (χ3v) is 4.87. The summed E-state index contributed by atoms with van der Waals surface area (Å²) in [6.45, 7) is 5.87. The quantitative estimate of drug-likeness (QED) is 0.540. The Morgan fingerprint density at radius 1 is 0.906 bits per heavy atom. The first-order valence-electron chi connectivity index (χ1n) is 10.9. The molecule has 2 rings (SSSR count). The molecule has 7 heteroatoms. The molecule has 0 bridgehead atoms. The smallest absolute Gasteiger partial charge is 0.408 e. The highest BCUT2D eigenvalue weighted by Crippen LogP contribution is 2.10. The molecule has 0 aromatic heterocycles. The summed E-state index contributed by atoms with van der Waals surface area (Å²) in [4.78, 5) is 39.2. The van der Waals surface area contributed by atoms with Crippen LogP contribution in [0.15, 0.2) is 60.7 Å². The number of carbonyl (C=O) groups excluding carboxylic acids is 3. The molecule has 0 radical (unpaired) electrons. The van der Waals surface area contributed by atoms with Crippen molar-refractivity contribution in [3.8, 4) is 0 Å². The average molecular weight is 441 g/mol. The zero-order chi connectivity index (χ0) is 23.3. The summed E-state index contributed by atoms with van der Waals surface area (Å²) in [5.41, 5.74) is 1.90. The minimum atomic E-state index is -0.830. The molecular formula is C25H32N2O5. The van der Waals surface area contributed by atoms with Crippen LogP contribution in [0.3, 0.4) is 0 Å². The molecular weight excluding hydrogens is 408 g/mol. The van der Waals surface area contributed by atoms with Crippen LogP contribution < -0.4 is 5.32 Å². The Kier molecular flexibility index (Phi) is 10.2. The van der Waals surface area contributed by atoms with E-state index in [2.05, 4.69) is 5.32 Å². The summed E-state index contributed by atoms with van der Waals surface area (Å²) in [6.07, 6.45) is -0.102. The van der Waals surface area contributed by atoms with E-state index in [-0.39, 0.29) is 31.6 Å². The maximum absolute atomic E-state index is 13.3. The van der Waals surface area contributed by atoms with Gasteiger partial charge in [-0.1, -0.05) is 74.5 Å². The van der Waals surface area contributed by atoms with Gasteiger partial charge in [0.1, 0.15) is 19.2 Å². The molecule has 0 saturated carbocycles. The molecule has 0 heterocycles. The van der Waals surface area contributed by atoms with Crippen molar-refractivity contribution < 1.29 is 23.9 Å². The number of nitrogens with one attached hydrogen (secondary N) is 1. The number of esters is 1. The lowest BCUT2D eigenvalue weighted by atomic mass is 10.0. The molecule has 1 atom stereocenters. The van der Waals surface area contributed by atoms with Gasteiger partial charge in [-0.25, -0.2) is 4.79 Å². The maximum atomic E-state index is 13.3. The van der Waals surface area contributed by atoms with Gasteiger partial charge in [0.05, 0.1) is 6.61 Å². The standard InChI is InChI=1S/C25H32N2O5/c1-4-31-22(28)17-27(16-15-20-11-7-5-8-12-20)24(29)23(19(2)3)26-25(30)32-18-21-13-9-6-10-14-21/h5-14,19,23H,4,15-18H2,1-3H3,(H,26,30)/t23-/m0/s1. The summed E-state index contributed by atoms with van der Waals surface area (Å²) in [5, 5.41) is 2.67. The maximum Gasteiger partial charge on any atom is 0.408 e. The molecule has 7 nitrogen and oxygen atoms in total. The summed E-state index contributed by atoms with van der Waals surface area (Å²) >= 11 is 0. The molecule has 0 aliphatic heterocycles. The predicted molar refractivity (Wildman–Crippen MR) is 122 cm³/mol. The van der Waals surface area contributed by atoms with Crippen molar-refractivity contribution in [3.63, 3.8) is 0 Å². The minimum Gasteiger partial charge on any atom is -0.465 e. The molecule has 1 N–H and O–H groups in total. The van der Waals surface area contributed by atoms with Crippen LogP contribution in [0.1, 0.15) is 31.9 Å². The van der Waals surface area contributed by atoms with Crippen LogP contribution in [0.5, 0.6) is 0 Å². The third kappa shape index (κ3) is 8.41. The van der Waals surface area contributed by atoms with E-state index in [1.54, 1.807) is 6.92 Å². The summed E-state index contributed by atoms with van der Waals surface area (Å²) < 4.78 is 10.3. The van der Waals surface area contributed by atoms with Crippen molar-refractivity contribution in [2.75, 3.05) is 19.7 Å². The van der Waals surface area contributed by atoms with Crippen molar-refractivity contribution in [2.24, 2.45) is 5.92 Å². The zero-order valence-electron chi connectivity index (χ0n) is 19.0. The van der Waals surface area contributed by atoms with Crippen LogP contribution in [0.2, 0.25) is 0 Å². The average Bonchev–Trinajstić information content (AvgIpc) is 2.79. The molecule has 0 aliphatic rings. The summed E-state index contributed by atoms with van der Waals surface area (Å²) in [6, 6.07) is 18.2. The molecule has 0 spiro atoms. The van der Waals surface area contributed by atoms with Crippen LogP contribution in [-0.2, 0) is 32.1 Å². The third-order valence-electron chi connectivity index (χ3n) is 4.87. The van der Waals surface area contributed by atoms with Crippen molar-refractivity contribution in [1.29, 1.82) is 0 Å². The van der Waals surface area contributed by atoms with E-state index in [0.29, 0.717) is 13.0 Å². The number of nitrogens with zero attached hydrogens (tertiary/aromatic N) is 1. The second-order valence-electron chi connectivity index (χ2n) is 7.73. The Balaban J connectivity index is 2.05. The largest absolute Gasteiger partial charge is 0.465 e. The minimum absolute atomic E-state index is 0.103. The van der Waals surface area contributed by atoms with Crippen molar-refractivity contribution >= 4 is 18.0 Å². The van der Waals surface area contributed by atoms with Crippen molar-refractivity contribution in [3.05, 3.63) is 71.8 Å². The van der Waals surface area contributed by atoms with Gasteiger partial charge in [-0.3, -0.25) is 9.59 Å². The number of benzene rings is 2. The van der Waals surface area contributed by atoms with Gasteiger partial charge in [0, 0.05) is 6.54 Å². The molecule has 0 saturated heterocycles. The van der Waals surface area contributed by atoms with Crippen LogP contribution >= 0.6 is 0 Å². The number of hydrogen-bond acceptors (Lipinski definition) is 5. The molecule has 172 valence electrons. The lowest BCUT2D eigenvalue weighted by Crippen LogP contribution is -2.53. The van der Waals surface area contributed by atoms with Gasteiger partial charge in [0.25, 0.3) is 0 Å². The predicted octanol–water partition coefficient (Wildman–Crippen LogP) is 3.57. The molecule has 0 unspecified atom stereocenters. The Morgan fingerprint density at radius 3 is 2.06 bits per heavy atom. The van der Waals surface area contributed by atoms with E-state index in [1.165, 1.54) is 4.90 Å². The fourth-order valence-electron chi connectivity index (χ4n) is 3.14. The van der Waals surface area contributed by atoms with E-state index in [1.807, 2.05) is 74.5 Å². The van der Waals surface area contributed by atoms with E-state index < -0.39 is 18.1 Å². The monoisotopic (exact) mass is 440 g/mol. The number of amides is 2. The van der Waals surface area contributed by atoms with Gasteiger partial charge in [0.2, 0.25) is 5.91 Å². The topological polar surface area (TPSA) is 84.9 Å². The number of hydrogen-bond donors (Lipinski definition) is 1. The first-order valence-corrected chi connectivity index (χ1v) is 10.9. The van der Waals surface area contributed by atoms with E-state index in [9.17, 15) is 14.4 Å². The van der Waals surface area contributed by atoms with Gasteiger partial charge in [-0.15, -0.1) is 0 Å². The molecule has 32 heavy (non-hydrogen) atoms. The number of alkyl carbamates (subject to hydrolysis) is 1. The SMILES string of the molecule is CCOC(=O)CN(CCc1ccccc1)C(=O)[C@@H](NC(=O)OCc1ccccc1)C(C)C. The van der Waals surface area contributed by atoms with Crippen LogP contribution in [0, 0.1) is 5.92 Å². The molecule has 2 aromatic rings. The Bertz CT molecular complexity index is 855. The molecule has 2 amide bonds. The lowest BCUT2D eigenvalue weighted by molar-refractivity contribution is -0.149. The van der Waals surface area contributed by atoms with E-state index >= 15 is 0 Å². The second-order valence-corrected chi connectivity index (χ2v) is 7.73. The Hall–Kier alpha value is -3.35. The van der Waals surface area contributed by atoms with Crippen molar-refractivity contribution in [2.45, 2.75) is 39.8 Å². The van der Waals surface area contributed by atoms with Crippen LogP contribution in [0.4, 0.5) is 4.79 Å². The van der Waals surface area contributed by atoms with Gasteiger partial charge < -0.3 is 19.7 Å². The number of ether oxygens (including phenoxy) is 2. The van der Waals surface area contributed by atoms with Crippen molar-refractivity contribution in [1.82, 2.24) is 10.2 Å². The Morgan fingerprint density at radius 2 is 1.50 bits per heavy atom. The second kappa shape index (κ2) is 13.1. The van der Waals surface area contributed by atoms with Crippen LogP contribution in [0.25, 0.3) is 0 Å². The zero-order valence-corrected chi connectivity index (χ0v) is 19.0. The fourth-order valence-corrected chi connectivity index (χ4v) is 3.14. The van der Waals surface area contributed by atoms with Gasteiger partial charge in [-0.05, 0) is 30.4 Å². The Labute approximate surface area is 189 Å². The molecule has 0 aliphatic carbocycles. The van der Waals surface area contributed by atoms with Gasteiger partial charge in [-0.2, -0.15) is 0 Å². The first kappa shape index (κ1) is 24.9.